The summed E-state index contributed by atoms with van der Waals surface area (Å²) < 4.78 is 0.992. The second-order valence-corrected chi connectivity index (χ2v) is 5.68. The molecule has 1 aromatic rings. The normalized spacial score (nSPS) is 12.5. The molecule has 0 aliphatic carbocycles. The van der Waals surface area contributed by atoms with Gasteiger partial charge in [0.05, 0.1) is 12.6 Å². The van der Waals surface area contributed by atoms with E-state index in [0.29, 0.717) is 13.0 Å². The largest absolute Gasteiger partial charge is 0.392 e. The van der Waals surface area contributed by atoms with Crippen LogP contribution in [0.1, 0.15) is 18.9 Å². The zero-order chi connectivity index (χ0) is 14.4. The van der Waals surface area contributed by atoms with E-state index in [-0.39, 0.29) is 18.6 Å². The van der Waals surface area contributed by atoms with Gasteiger partial charge >= 0.3 is 0 Å². The molecule has 5 heteroatoms. The molecule has 0 radical (unpaired) electrons. The predicted octanol–water partition coefficient (Wildman–Crippen LogP) is 2.40. The van der Waals surface area contributed by atoms with E-state index in [2.05, 4.69) is 21.2 Å². The number of aryl methyl sites for hydroxylation is 1. The number of hydrogen-bond acceptors (Lipinski definition) is 3. The molecular weight excluding hydrogens is 308 g/mol. The number of nitrogens with one attached hydrogen (secondary N) is 1. The number of amides is 1. The molecule has 4 nitrogen and oxygen atoms in total. The summed E-state index contributed by atoms with van der Waals surface area (Å²) in [5, 5.41) is 12.4. The average Bonchev–Trinajstić information content (AvgIpc) is 2.32. The first-order valence-electron chi connectivity index (χ1n) is 6.35. The number of anilines is 1. The van der Waals surface area contributed by atoms with E-state index < -0.39 is 0 Å². The average molecular weight is 329 g/mol. The van der Waals surface area contributed by atoms with E-state index in [1.54, 1.807) is 0 Å². The Hall–Kier alpha value is -0.910. The third-order valence-electron chi connectivity index (χ3n) is 2.87. The van der Waals surface area contributed by atoms with E-state index >= 15 is 0 Å². The molecule has 0 spiro atoms. The zero-order valence-corrected chi connectivity index (χ0v) is 13.2. The molecule has 19 heavy (non-hydrogen) atoms. The quantitative estimate of drug-likeness (QED) is 0.843. The van der Waals surface area contributed by atoms with Gasteiger partial charge in [-0.3, -0.25) is 9.69 Å². The summed E-state index contributed by atoms with van der Waals surface area (Å²) in [6, 6.07) is 5.73. The predicted molar refractivity (Wildman–Crippen MR) is 81.3 cm³/mol. The van der Waals surface area contributed by atoms with Crippen molar-refractivity contribution in [2.24, 2.45) is 0 Å². The molecule has 1 amide bonds. The monoisotopic (exact) mass is 328 g/mol. The Bertz CT molecular complexity index is 437. The van der Waals surface area contributed by atoms with E-state index in [0.717, 1.165) is 15.7 Å². The minimum absolute atomic E-state index is 0.0729. The molecule has 0 saturated carbocycles. The number of benzene rings is 1. The molecule has 0 aliphatic heterocycles. The molecule has 106 valence electrons. The van der Waals surface area contributed by atoms with Crippen LogP contribution < -0.4 is 5.32 Å². The lowest BCUT2D eigenvalue weighted by atomic mass is 10.2. The van der Waals surface area contributed by atoms with Gasteiger partial charge in [0, 0.05) is 16.7 Å². The maximum atomic E-state index is 11.9. The van der Waals surface area contributed by atoms with E-state index in [9.17, 15) is 9.90 Å². The van der Waals surface area contributed by atoms with Gasteiger partial charge in [0.25, 0.3) is 0 Å². The Kier molecular flexibility index (Phi) is 6.48. The Morgan fingerprint density at radius 1 is 1.53 bits per heavy atom. The molecule has 0 bridgehead atoms. The van der Waals surface area contributed by atoms with Gasteiger partial charge in [0.1, 0.15) is 0 Å². The molecule has 1 atom stereocenters. The van der Waals surface area contributed by atoms with E-state index in [4.69, 9.17) is 0 Å². The maximum absolute atomic E-state index is 11.9. The highest BCUT2D eigenvalue weighted by Gasteiger charge is 2.11. The summed E-state index contributed by atoms with van der Waals surface area (Å²) in [7, 11) is 1.83. The summed E-state index contributed by atoms with van der Waals surface area (Å²) in [4.78, 5) is 13.7. The van der Waals surface area contributed by atoms with Crippen LogP contribution in [0.3, 0.4) is 0 Å². The first-order valence-corrected chi connectivity index (χ1v) is 7.14. The number of aliphatic hydroxyl groups is 1. The molecule has 0 aliphatic rings. The molecule has 1 rings (SSSR count). The van der Waals surface area contributed by atoms with Crippen molar-refractivity contribution < 1.29 is 9.90 Å². The second kappa shape index (κ2) is 7.62. The van der Waals surface area contributed by atoms with E-state index in [1.807, 2.05) is 44.0 Å². The number of hydrogen-bond donors (Lipinski definition) is 2. The van der Waals surface area contributed by atoms with Crippen LogP contribution in [0, 0.1) is 6.92 Å². The van der Waals surface area contributed by atoms with Gasteiger partial charge < -0.3 is 10.4 Å². The van der Waals surface area contributed by atoms with Crippen LogP contribution in [-0.2, 0) is 4.79 Å². The number of carbonyl (C=O) groups excluding carboxylic acids is 1. The molecule has 0 aromatic heterocycles. The first-order chi connectivity index (χ1) is 8.92. The Morgan fingerprint density at radius 2 is 2.21 bits per heavy atom. The third kappa shape index (κ3) is 5.72. The lowest BCUT2D eigenvalue weighted by Gasteiger charge is -2.19. The van der Waals surface area contributed by atoms with Gasteiger partial charge in [0.15, 0.2) is 0 Å². The number of nitrogens with zero attached hydrogens (tertiary/aromatic N) is 1. The van der Waals surface area contributed by atoms with Gasteiger partial charge in [-0.1, -0.05) is 22.9 Å². The summed E-state index contributed by atoms with van der Waals surface area (Å²) in [5.41, 5.74) is 1.83. The van der Waals surface area contributed by atoms with E-state index in [1.165, 1.54) is 0 Å². The number of carbonyl (C=O) groups is 1. The first kappa shape index (κ1) is 16.1. The summed E-state index contributed by atoms with van der Waals surface area (Å²) in [6.45, 7) is 4.64. The van der Waals surface area contributed by atoms with Crippen LogP contribution in [0.15, 0.2) is 22.7 Å². The molecule has 1 unspecified atom stereocenters. The topological polar surface area (TPSA) is 52.6 Å². The second-order valence-electron chi connectivity index (χ2n) is 4.77. The highest BCUT2D eigenvalue weighted by molar-refractivity contribution is 9.10. The van der Waals surface area contributed by atoms with Crippen molar-refractivity contribution >= 4 is 27.5 Å². The molecule has 2 N–H and O–H groups in total. The smallest absolute Gasteiger partial charge is 0.238 e. The van der Waals surface area contributed by atoms with Crippen LogP contribution in [0.2, 0.25) is 0 Å². The van der Waals surface area contributed by atoms with Gasteiger partial charge in [-0.15, -0.1) is 0 Å². The number of aliphatic hydroxyl groups excluding tert-OH is 1. The minimum atomic E-state index is -0.382. The minimum Gasteiger partial charge on any atom is -0.392 e. The number of halogens is 1. The Labute approximate surface area is 122 Å². The van der Waals surface area contributed by atoms with Gasteiger partial charge in [-0.05, 0) is 44.2 Å². The fraction of sp³-hybridized carbons (Fsp3) is 0.500. The Morgan fingerprint density at radius 3 is 2.79 bits per heavy atom. The third-order valence-corrected chi connectivity index (χ3v) is 3.36. The number of likely N-dealkylation sites (N-methyl/N-ethyl adjacent to an activating group) is 1. The Balaban J connectivity index is 2.51. The maximum Gasteiger partial charge on any atom is 0.238 e. The molecule has 0 heterocycles. The molecule has 0 saturated heterocycles. The van der Waals surface area contributed by atoms with Crippen molar-refractivity contribution in [2.45, 2.75) is 26.4 Å². The van der Waals surface area contributed by atoms with Crippen LogP contribution >= 0.6 is 15.9 Å². The van der Waals surface area contributed by atoms with Crippen molar-refractivity contribution in [1.82, 2.24) is 4.90 Å². The fourth-order valence-electron chi connectivity index (χ4n) is 1.76. The molecule has 0 fully saturated rings. The summed E-state index contributed by atoms with van der Waals surface area (Å²) in [5.74, 6) is -0.0729. The van der Waals surface area contributed by atoms with Crippen LogP contribution in [0.4, 0.5) is 5.69 Å². The zero-order valence-electron chi connectivity index (χ0n) is 11.6. The van der Waals surface area contributed by atoms with Gasteiger partial charge in [-0.25, -0.2) is 0 Å². The van der Waals surface area contributed by atoms with Gasteiger partial charge in [0.2, 0.25) is 5.91 Å². The van der Waals surface area contributed by atoms with Crippen LogP contribution in [0.25, 0.3) is 0 Å². The highest BCUT2D eigenvalue weighted by Crippen LogP contribution is 2.19. The summed E-state index contributed by atoms with van der Waals surface area (Å²) in [6.07, 6.45) is 0.310. The van der Waals surface area contributed by atoms with Crippen molar-refractivity contribution in [3.8, 4) is 0 Å². The van der Waals surface area contributed by atoms with Crippen LogP contribution in [-0.4, -0.2) is 42.2 Å². The van der Waals surface area contributed by atoms with Crippen LogP contribution in [0.5, 0.6) is 0 Å². The summed E-state index contributed by atoms with van der Waals surface area (Å²) >= 11 is 3.39. The van der Waals surface area contributed by atoms with Crippen molar-refractivity contribution in [3.63, 3.8) is 0 Å². The highest BCUT2D eigenvalue weighted by atomic mass is 79.9. The molecular formula is C14H21BrN2O2. The van der Waals surface area contributed by atoms with Crippen molar-refractivity contribution in [3.05, 3.63) is 28.2 Å². The number of rotatable bonds is 6. The SMILES string of the molecule is CCC(O)CN(C)CC(=O)Nc1ccc(Br)cc1C. The lowest BCUT2D eigenvalue weighted by molar-refractivity contribution is -0.117. The van der Waals surface area contributed by atoms with Crippen molar-refractivity contribution in [2.75, 3.05) is 25.5 Å². The van der Waals surface area contributed by atoms with Gasteiger partial charge in [-0.2, -0.15) is 0 Å². The lowest BCUT2D eigenvalue weighted by Crippen LogP contribution is -2.35. The standard InChI is InChI=1S/C14H21BrN2O2/c1-4-12(18)8-17(3)9-14(19)16-13-6-5-11(15)7-10(13)2/h5-7,12,18H,4,8-9H2,1-3H3,(H,16,19). The van der Waals surface area contributed by atoms with Crippen molar-refractivity contribution in [1.29, 1.82) is 0 Å². The fourth-order valence-corrected chi connectivity index (χ4v) is 2.23. The molecule has 1 aromatic carbocycles.